The van der Waals surface area contributed by atoms with Crippen LogP contribution in [-0.2, 0) is 23.1 Å². The number of ether oxygens (including phenoxy) is 1. The summed E-state index contributed by atoms with van der Waals surface area (Å²) < 4.78 is 95.7. The Morgan fingerprint density at radius 2 is 1.80 bits per heavy atom. The zero-order valence-corrected chi connectivity index (χ0v) is 17.6. The van der Waals surface area contributed by atoms with Crippen LogP contribution in [0.3, 0.4) is 0 Å². The van der Waals surface area contributed by atoms with Gasteiger partial charge in [-0.1, -0.05) is 6.92 Å². The van der Waals surface area contributed by atoms with Gasteiger partial charge < -0.3 is 9.30 Å². The number of alkyl halides is 6. The van der Waals surface area contributed by atoms with E-state index in [1.165, 1.54) is 18.5 Å². The molecule has 0 fully saturated rings. The minimum absolute atomic E-state index is 0.0877. The third-order valence-corrected chi connectivity index (χ3v) is 5.97. The van der Waals surface area contributed by atoms with E-state index in [1.54, 1.807) is 0 Å². The zero-order valence-electron chi connectivity index (χ0n) is 15.2. The Bertz CT molecular complexity index is 1220. The van der Waals surface area contributed by atoms with Gasteiger partial charge in [0.2, 0.25) is 5.88 Å². The van der Waals surface area contributed by atoms with Gasteiger partial charge in [-0.05, 0) is 6.07 Å². The van der Waals surface area contributed by atoms with E-state index in [0.717, 1.165) is 12.3 Å². The molecule has 3 aromatic heterocycles. The second-order valence-corrected chi connectivity index (χ2v) is 9.20. The summed E-state index contributed by atoms with van der Waals surface area (Å²) in [5.41, 5.74) is -1.15. The maximum Gasteiger partial charge on any atom is 0.460 e. The number of aryl methyl sites for hydroxylation is 1. The highest BCUT2D eigenvalue weighted by Crippen LogP contribution is 2.35. The molecule has 3 aromatic rings. The van der Waals surface area contributed by atoms with Gasteiger partial charge in [0, 0.05) is 35.2 Å². The van der Waals surface area contributed by atoms with Crippen LogP contribution in [0.25, 0.3) is 22.6 Å². The topological polar surface area (TPSA) is 87.0 Å². The fraction of sp³-hybridized carbons (Fsp3) is 0.312. The second-order valence-electron chi connectivity index (χ2n) is 6.03. The van der Waals surface area contributed by atoms with Gasteiger partial charge in [-0.3, -0.25) is 4.98 Å². The average Bonchev–Trinajstić information content (AvgIpc) is 2.95. The maximum absolute atomic E-state index is 13.1. The molecule has 0 unspecified atom stereocenters. The van der Waals surface area contributed by atoms with Crippen molar-refractivity contribution in [1.82, 2.24) is 19.5 Å². The normalized spacial score (nSPS) is 13.1. The van der Waals surface area contributed by atoms with Crippen LogP contribution in [0.1, 0.15) is 12.5 Å². The quantitative estimate of drug-likeness (QED) is 0.375. The van der Waals surface area contributed by atoms with E-state index in [9.17, 15) is 30.4 Å². The van der Waals surface area contributed by atoms with Crippen LogP contribution in [0, 0.1) is 0 Å². The summed E-state index contributed by atoms with van der Waals surface area (Å²) in [5.74, 6) is -1.03. The van der Waals surface area contributed by atoms with Crippen molar-refractivity contribution in [3.05, 3.63) is 30.1 Å². The van der Waals surface area contributed by atoms with Gasteiger partial charge in [0.15, 0.2) is 15.7 Å². The number of aromatic nitrogens is 4. The van der Waals surface area contributed by atoms with Gasteiger partial charge in [0.1, 0.15) is 5.69 Å². The molecule has 0 bridgehead atoms. The Balaban J connectivity index is 2.23. The van der Waals surface area contributed by atoms with Crippen molar-refractivity contribution in [2.24, 2.45) is 7.05 Å². The molecule has 3 heterocycles. The molecule has 0 spiro atoms. The van der Waals surface area contributed by atoms with Gasteiger partial charge in [-0.15, -0.1) is 0 Å². The van der Waals surface area contributed by atoms with Crippen molar-refractivity contribution in [2.75, 3.05) is 5.75 Å². The average molecular weight is 515 g/mol. The van der Waals surface area contributed by atoms with Crippen LogP contribution in [0.5, 0.6) is 5.88 Å². The van der Waals surface area contributed by atoms with Crippen molar-refractivity contribution in [3.63, 3.8) is 0 Å². The molecular weight excluding hydrogens is 503 g/mol. The lowest BCUT2D eigenvalue weighted by atomic mass is 10.2. The lowest BCUT2D eigenvalue weighted by Crippen LogP contribution is -2.15. The first-order chi connectivity index (χ1) is 13.7. The molecule has 14 heteroatoms. The fourth-order valence-corrected chi connectivity index (χ4v) is 3.84. The SMILES string of the molecule is CCS(=O)(=O)c1cc(C(F)(F)F)cnc1-c1nc2cc(OC(F)(F)Br)ncc2n1C. The van der Waals surface area contributed by atoms with E-state index >= 15 is 0 Å². The highest BCUT2D eigenvalue weighted by molar-refractivity contribution is 9.09. The number of rotatable bonds is 5. The molecular formula is C16H12BrF5N4O3S. The lowest BCUT2D eigenvalue weighted by molar-refractivity contribution is -0.138. The monoisotopic (exact) mass is 514 g/mol. The third-order valence-electron chi connectivity index (χ3n) is 4.07. The number of hydrogen-bond donors (Lipinski definition) is 0. The van der Waals surface area contributed by atoms with E-state index in [-0.39, 0.29) is 22.6 Å². The number of imidazole rings is 1. The Hall–Kier alpha value is -2.35. The molecule has 0 aliphatic rings. The first-order valence-corrected chi connectivity index (χ1v) is 10.6. The van der Waals surface area contributed by atoms with Crippen molar-refractivity contribution in [3.8, 4) is 17.4 Å². The van der Waals surface area contributed by atoms with Crippen molar-refractivity contribution < 1.29 is 35.1 Å². The van der Waals surface area contributed by atoms with Gasteiger partial charge in [-0.2, -0.15) is 22.0 Å². The minimum Gasteiger partial charge on any atom is -0.406 e. The molecule has 0 N–H and O–H groups in total. The molecule has 3 rings (SSSR count). The number of halogens is 6. The summed E-state index contributed by atoms with van der Waals surface area (Å²) in [7, 11) is -2.66. The van der Waals surface area contributed by atoms with Crippen molar-refractivity contribution in [2.45, 2.75) is 23.0 Å². The van der Waals surface area contributed by atoms with E-state index < -0.39 is 43.1 Å². The fourth-order valence-electron chi connectivity index (χ4n) is 2.62. The van der Waals surface area contributed by atoms with E-state index in [1.807, 2.05) is 15.9 Å². The highest BCUT2D eigenvalue weighted by Gasteiger charge is 2.34. The molecule has 0 atom stereocenters. The van der Waals surface area contributed by atoms with Crippen molar-refractivity contribution >= 4 is 36.8 Å². The lowest BCUT2D eigenvalue weighted by Gasteiger charge is -2.12. The summed E-state index contributed by atoms with van der Waals surface area (Å²) in [6.45, 7) is 1.28. The van der Waals surface area contributed by atoms with Crippen LogP contribution in [0.4, 0.5) is 22.0 Å². The predicted octanol–water partition coefficient (Wildman–Crippen LogP) is 4.17. The Kier molecular flexibility index (Phi) is 5.52. The van der Waals surface area contributed by atoms with Gasteiger partial charge in [0.25, 0.3) is 0 Å². The number of fused-ring (bicyclic) bond motifs is 1. The standard InChI is InChI=1S/C16H12BrF5N4O3S/c1-3-30(27,28)11-4-8(15(18,19)20)6-24-13(11)14-25-9-5-12(29-16(17,21)22)23-7-10(9)26(14)2/h4-7H,3H2,1-2H3. The minimum atomic E-state index is -4.80. The molecule has 0 aromatic carbocycles. The largest absolute Gasteiger partial charge is 0.460 e. The van der Waals surface area contributed by atoms with Gasteiger partial charge in [-0.25, -0.2) is 18.4 Å². The Morgan fingerprint density at radius 3 is 2.37 bits per heavy atom. The molecule has 0 aliphatic carbocycles. The number of nitrogens with zero attached hydrogens (tertiary/aromatic N) is 4. The molecule has 0 amide bonds. The Labute approximate surface area is 175 Å². The number of hydrogen-bond acceptors (Lipinski definition) is 6. The molecule has 7 nitrogen and oxygen atoms in total. The summed E-state index contributed by atoms with van der Waals surface area (Å²) in [6, 6.07) is 1.57. The molecule has 0 saturated carbocycles. The van der Waals surface area contributed by atoms with Gasteiger partial charge >= 0.3 is 11.2 Å². The van der Waals surface area contributed by atoms with Crippen molar-refractivity contribution in [1.29, 1.82) is 0 Å². The molecule has 0 aliphatic heterocycles. The maximum atomic E-state index is 13.1. The molecule has 162 valence electrons. The Morgan fingerprint density at radius 1 is 1.13 bits per heavy atom. The zero-order chi connectivity index (χ0) is 22.5. The van der Waals surface area contributed by atoms with Crippen LogP contribution >= 0.6 is 15.9 Å². The van der Waals surface area contributed by atoms with Crippen LogP contribution in [0.15, 0.2) is 29.4 Å². The van der Waals surface area contributed by atoms with Crippen LogP contribution in [-0.4, -0.2) is 38.7 Å². The molecule has 0 radical (unpaired) electrons. The highest BCUT2D eigenvalue weighted by atomic mass is 79.9. The van der Waals surface area contributed by atoms with Crippen LogP contribution < -0.4 is 4.74 Å². The molecule has 0 saturated heterocycles. The summed E-state index contributed by atoms with van der Waals surface area (Å²) in [5, 5.41) is -3.68. The number of pyridine rings is 2. The van der Waals surface area contributed by atoms with E-state index in [2.05, 4.69) is 19.7 Å². The summed E-state index contributed by atoms with van der Waals surface area (Å²) in [4.78, 5) is 10.9. The third kappa shape index (κ3) is 4.38. The summed E-state index contributed by atoms with van der Waals surface area (Å²) in [6.07, 6.45) is -3.15. The number of sulfone groups is 1. The van der Waals surface area contributed by atoms with Crippen LogP contribution in [0.2, 0.25) is 0 Å². The van der Waals surface area contributed by atoms with Gasteiger partial charge in [0.05, 0.1) is 33.4 Å². The van der Waals surface area contributed by atoms with E-state index in [4.69, 9.17) is 0 Å². The molecule has 30 heavy (non-hydrogen) atoms. The second kappa shape index (κ2) is 7.41. The first-order valence-electron chi connectivity index (χ1n) is 8.11. The first kappa shape index (κ1) is 22.3. The predicted molar refractivity (Wildman–Crippen MR) is 99.0 cm³/mol. The smallest absolute Gasteiger partial charge is 0.406 e. The van der Waals surface area contributed by atoms with E-state index in [0.29, 0.717) is 12.3 Å². The summed E-state index contributed by atoms with van der Waals surface area (Å²) >= 11 is 2.01.